The summed E-state index contributed by atoms with van der Waals surface area (Å²) >= 11 is 3.76. The number of thiazole rings is 1. The Morgan fingerprint density at radius 3 is 2.86 bits per heavy atom. The Labute approximate surface area is 93.5 Å². The molecule has 0 bridgehead atoms. The summed E-state index contributed by atoms with van der Waals surface area (Å²) in [6.07, 6.45) is 0. The minimum Gasteiger partial charge on any atom is -0.299 e. The molecule has 4 heteroatoms. The van der Waals surface area contributed by atoms with Crippen molar-refractivity contribution in [1.29, 1.82) is 0 Å². The molecule has 2 heterocycles. The molecule has 0 aliphatic carbocycles. The average molecular weight is 228 g/mol. The molecule has 1 fully saturated rings. The van der Waals surface area contributed by atoms with Crippen molar-refractivity contribution < 1.29 is 0 Å². The Hall–Kier alpha value is -0.0600. The van der Waals surface area contributed by atoms with Gasteiger partial charge in [-0.1, -0.05) is 20.8 Å². The van der Waals surface area contributed by atoms with Gasteiger partial charge in [-0.25, -0.2) is 4.98 Å². The Morgan fingerprint density at radius 1 is 1.57 bits per heavy atom. The fourth-order valence-corrected chi connectivity index (χ4v) is 3.52. The van der Waals surface area contributed by atoms with Crippen LogP contribution in [0.2, 0.25) is 0 Å². The SMILES string of the molecule is CC1CNC(c2csc(C(C)C)n2)S1. The molecule has 1 aliphatic rings. The van der Waals surface area contributed by atoms with Gasteiger partial charge >= 0.3 is 0 Å². The summed E-state index contributed by atoms with van der Waals surface area (Å²) in [5.74, 6) is 0.553. The Bertz CT molecular complexity index is 309. The highest BCUT2D eigenvalue weighted by Crippen LogP contribution is 2.35. The summed E-state index contributed by atoms with van der Waals surface area (Å²) in [6, 6.07) is 0. The van der Waals surface area contributed by atoms with Crippen LogP contribution in [-0.2, 0) is 0 Å². The lowest BCUT2D eigenvalue weighted by Crippen LogP contribution is -2.14. The Balaban J connectivity index is 2.09. The second-order valence-corrected chi connectivity index (χ2v) is 6.44. The van der Waals surface area contributed by atoms with E-state index in [0.29, 0.717) is 16.5 Å². The predicted octanol–water partition coefficient (Wildman–Crippen LogP) is 2.99. The maximum Gasteiger partial charge on any atom is 0.0974 e. The van der Waals surface area contributed by atoms with Gasteiger partial charge in [0.1, 0.15) is 0 Å². The fraction of sp³-hybridized carbons (Fsp3) is 0.700. The standard InChI is InChI=1S/C10H16N2S2/c1-6(2)9-12-8(5-13-9)10-11-4-7(3)14-10/h5-7,10-11H,4H2,1-3H3. The molecule has 0 radical (unpaired) electrons. The third kappa shape index (κ3) is 2.12. The molecule has 2 unspecified atom stereocenters. The Morgan fingerprint density at radius 2 is 2.36 bits per heavy atom. The molecule has 0 spiro atoms. The van der Waals surface area contributed by atoms with Crippen molar-refractivity contribution in [1.82, 2.24) is 10.3 Å². The highest BCUT2D eigenvalue weighted by molar-refractivity contribution is 8.00. The van der Waals surface area contributed by atoms with Crippen LogP contribution in [0.15, 0.2) is 5.38 Å². The molecular weight excluding hydrogens is 212 g/mol. The number of nitrogens with one attached hydrogen (secondary N) is 1. The zero-order valence-corrected chi connectivity index (χ0v) is 10.4. The van der Waals surface area contributed by atoms with E-state index < -0.39 is 0 Å². The minimum absolute atomic E-state index is 0.425. The van der Waals surface area contributed by atoms with E-state index in [2.05, 4.69) is 36.5 Å². The van der Waals surface area contributed by atoms with E-state index in [1.807, 2.05) is 11.8 Å². The maximum absolute atomic E-state index is 4.66. The number of nitrogens with zero attached hydrogens (tertiary/aromatic N) is 1. The number of hydrogen-bond acceptors (Lipinski definition) is 4. The maximum atomic E-state index is 4.66. The smallest absolute Gasteiger partial charge is 0.0974 e. The number of thioether (sulfide) groups is 1. The molecule has 1 saturated heterocycles. The van der Waals surface area contributed by atoms with E-state index in [1.54, 1.807) is 11.3 Å². The van der Waals surface area contributed by atoms with E-state index in [-0.39, 0.29) is 0 Å². The van der Waals surface area contributed by atoms with Crippen LogP contribution in [0.5, 0.6) is 0 Å². The lowest BCUT2D eigenvalue weighted by Gasteiger charge is -2.05. The summed E-state index contributed by atoms with van der Waals surface area (Å²) in [5, 5.41) is 8.06. The van der Waals surface area contributed by atoms with E-state index in [1.165, 1.54) is 10.7 Å². The molecule has 1 aromatic heterocycles. The van der Waals surface area contributed by atoms with Gasteiger partial charge in [-0.05, 0) is 0 Å². The van der Waals surface area contributed by atoms with E-state index in [9.17, 15) is 0 Å². The zero-order valence-electron chi connectivity index (χ0n) is 8.78. The molecule has 78 valence electrons. The van der Waals surface area contributed by atoms with Gasteiger partial charge in [-0.15, -0.1) is 23.1 Å². The van der Waals surface area contributed by atoms with Gasteiger partial charge in [-0.3, -0.25) is 5.32 Å². The summed E-state index contributed by atoms with van der Waals surface area (Å²) in [4.78, 5) is 4.66. The van der Waals surface area contributed by atoms with Crippen molar-refractivity contribution in [3.8, 4) is 0 Å². The quantitative estimate of drug-likeness (QED) is 0.842. The molecule has 14 heavy (non-hydrogen) atoms. The molecule has 1 aromatic rings. The van der Waals surface area contributed by atoms with Gasteiger partial charge in [0.25, 0.3) is 0 Å². The lowest BCUT2D eigenvalue weighted by atomic mass is 10.2. The highest BCUT2D eigenvalue weighted by atomic mass is 32.2. The molecule has 1 N–H and O–H groups in total. The summed E-state index contributed by atoms with van der Waals surface area (Å²) in [7, 11) is 0. The average Bonchev–Trinajstić information content (AvgIpc) is 2.70. The number of rotatable bonds is 2. The van der Waals surface area contributed by atoms with Gasteiger partial charge in [0.15, 0.2) is 0 Å². The van der Waals surface area contributed by atoms with E-state index in [4.69, 9.17) is 0 Å². The fourth-order valence-electron chi connectivity index (χ4n) is 1.46. The van der Waals surface area contributed by atoms with Gasteiger partial charge in [0.2, 0.25) is 0 Å². The molecular formula is C10H16N2S2. The van der Waals surface area contributed by atoms with Crippen molar-refractivity contribution in [2.75, 3.05) is 6.54 Å². The zero-order chi connectivity index (χ0) is 10.1. The van der Waals surface area contributed by atoms with Crippen LogP contribution in [0.4, 0.5) is 0 Å². The van der Waals surface area contributed by atoms with Crippen molar-refractivity contribution in [2.24, 2.45) is 0 Å². The molecule has 1 aliphatic heterocycles. The van der Waals surface area contributed by atoms with Gasteiger partial charge in [0.05, 0.1) is 16.1 Å². The highest BCUT2D eigenvalue weighted by Gasteiger charge is 2.24. The van der Waals surface area contributed by atoms with Gasteiger partial charge < -0.3 is 0 Å². The van der Waals surface area contributed by atoms with Crippen LogP contribution >= 0.6 is 23.1 Å². The second-order valence-electron chi connectivity index (χ2n) is 4.00. The third-order valence-corrected chi connectivity index (χ3v) is 4.74. The number of hydrogen-bond donors (Lipinski definition) is 1. The van der Waals surface area contributed by atoms with Crippen molar-refractivity contribution >= 4 is 23.1 Å². The van der Waals surface area contributed by atoms with Crippen LogP contribution in [0.25, 0.3) is 0 Å². The van der Waals surface area contributed by atoms with Crippen molar-refractivity contribution in [3.05, 3.63) is 16.1 Å². The van der Waals surface area contributed by atoms with Crippen LogP contribution in [-0.4, -0.2) is 16.8 Å². The summed E-state index contributed by atoms with van der Waals surface area (Å²) in [6.45, 7) is 7.75. The summed E-state index contributed by atoms with van der Waals surface area (Å²) in [5.41, 5.74) is 1.22. The molecule has 0 aromatic carbocycles. The largest absolute Gasteiger partial charge is 0.299 e. The predicted molar refractivity (Wildman–Crippen MR) is 64.0 cm³/mol. The summed E-state index contributed by atoms with van der Waals surface area (Å²) < 4.78 is 0. The van der Waals surface area contributed by atoms with E-state index >= 15 is 0 Å². The second kappa shape index (κ2) is 4.21. The first-order valence-corrected chi connectivity index (χ1v) is 6.83. The van der Waals surface area contributed by atoms with Crippen LogP contribution in [0, 0.1) is 0 Å². The van der Waals surface area contributed by atoms with Gasteiger partial charge in [-0.2, -0.15) is 0 Å². The number of aromatic nitrogens is 1. The minimum atomic E-state index is 0.425. The molecule has 0 saturated carbocycles. The topological polar surface area (TPSA) is 24.9 Å². The third-order valence-electron chi connectivity index (χ3n) is 2.26. The van der Waals surface area contributed by atoms with Crippen molar-refractivity contribution in [3.63, 3.8) is 0 Å². The molecule has 2 rings (SSSR count). The molecule has 0 amide bonds. The monoisotopic (exact) mass is 228 g/mol. The first-order valence-electron chi connectivity index (χ1n) is 5.01. The lowest BCUT2D eigenvalue weighted by molar-refractivity contribution is 0.701. The first-order chi connectivity index (χ1) is 6.66. The molecule has 2 atom stereocenters. The van der Waals surface area contributed by atoms with Crippen LogP contribution in [0.3, 0.4) is 0 Å². The van der Waals surface area contributed by atoms with Crippen molar-refractivity contribution in [2.45, 2.75) is 37.3 Å². The first kappa shape index (κ1) is 10.5. The van der Waals surface area contributed by atoms with E-state index in [0.717, 1.165) is 6.54 Å². The van der Waals surface area contributed by atoms with Crippen LogP contribution in [0.1, 0.15) is 42.8 Å². The normalized spacial score (nSPS) is 27.4. The molecule has 2 nitrogen and oxygen atoms in total. The van der Waals surface area contributed by atoms with Crippen LogP contribution < -0.4 is 5.32 Å². The van der Waals surface area contributed by atoms with Gasteiger partial charge in [0, 0.05) is 23.1 Å². The Kier molecular flexibility index (Phi) is 3.14.